The third kappa shape index (κ3) is 3.20. The van der Waals surface area contributed by atoms with E-state index in [2.05, 4.69) is 0 Å². The number of rotatable bonds is 3. The number of aryl methyl sites for hydroxylation is 2. The van der Waals surface area contributed by atoms with Gasteiger partial charge in [-0.05, 0) is 48.7 Å². The lowest BCUT2D eigenvalue weighted by Crippen LogP contribution is -2.05. The second kappa shape index (κ2) is 5.13. The molecule has 0 heterocycles. The molecule has 2 nitrogen and oxygen atoms in total. The second-order valence-electron chi connectivity index (χ2n) is 4.64. The summed E-state index contributed by atoms with van der Waals surface area (Å²) in [6, 6.07) is 10.6. The van der Waals surface area contributed by atoms with Crippen LogP contribution in [0, 0.1) is 19.7 Å². The molecule has 0 aromatic heterocycles. The van der Waals surface area contributed by atoms with E-state index in [0.717, 1.165) is 17.2 Å². The number of hydrogen-bond donors (Lipinski definition) is 0. The van der Waals surface area contributed by atoms with Gasteiger partial charge in [0.1, 0.15) is 5.82 Å². The number of halogens is 1. The Morgan fingerprint density at radius 3 is 2.37 bits per heavy atom. The van der Waals surface area contributed by atoms with Gasteiger partial charge < -0.3 is 0 Å². The minimum absolute atomic E-state index is 0.0192. The Morgan fingerprint density at radius 1 is 1.00 bits per heavy atom. The van der Waals surface area contributed by atoms with Crippen LogP contribution in [-0.2, 0) is 15.6 Å². The zero-order valence-electron chi connectivity index (χ0n) is 10.9. The quantitative estimate of drug-likeness (QED) is 0.862. The molecular weight excluding hydrogens is 263 g/mol. The summed E-state index contributed by atoms with van der Waals surface area (Å²) in [5, 5.41) is 0. The zero-order valence-corrected chi connectivity index (χ0v) is 11.7. The van der Waals surface area contributed by atoms with Gasteiger partial charge in [-0.25, -0.2) is 12.8 Å². The van der Waals surface area contributed by atoms with E-state index in [1.54, 1.807) is 6.07 Å². The molecule has 0 saturated carbocycles. The molecule has 0 amide bonds. The van der Waals surface area contributed by atoms with E-state index in [-0.39, 0.29) is 10.6 Å². The minimum Gasteiger partial charge on any atom is -0.223 e. The van der Waals surface area contributed by atoms with E-state index >= 15 is 0 Å². The fraction of sp³-hybridized carbons (Fsp3) is 0.200. The standard InChI is InChI=1S/C15H15FO2S/c1-11-6-7-13(8-12(11)2)10-19(17,18)15-5-3-4-14(16)9-15/h3-9H,10H2,1-2H3. The van der Waals surface area contributed by atoms with Gasteiger partial charge in [-0.15, -0.1) is 0 Å². The fourth-order valence-electron chi connectivity index (χ4n) is 1.86. The molecular formula is C15H15FO2S. The Kier molecular flexibility index (Phi) is 3.71. The molecule has 0 aliphatic rings. The maximum Gasteiger partial charge on any atom is 0.182 e. The highest BCUT2D eigenvalue weighted by Crippen LogP contribution is 2.19. The topological polar surface area (TPSA) is 34.1 Å². The van der Waals surface area contributed by atoms with Crippen molar-refractivity contribution in [1.29, 1.82) is 0 Å². The SMILES string of the molecule is Cc1ccc(CS(=O)(=O)c2cccc(F)c2)cc1C. The van der Waals surface area contributed by atoms with Crippen LogP contribution in [0.15, 0.2) is 47.4 Å². The zero-order chi connectivity index (χ0) is 14.0. The van der Waals surface area contributed by atoms with Crippen LogP contribution in [0.5, 0.6) is 0 Å². The van der Waals surface area contributed by atoms with E-state index in [1.807, 2.05) is 26.0 Å². The molecule has 0 fully saturated rings. The Hall–Kier alpha value is -1.68. The molecule has 2 rings (SSSR count). The fourth-order valence-corrected chi connectivity index (χ4v) is 3.22. The first-order valence-corrected chi connectivity index (χ1v) is 7.58. The summed E-state index contributed by atoms with van der Waals surface area (Å²) in [5.41, 5.74) is 2.88. The first kappa shape index (κ1) is 13.7. The minimum atomic E-state index is -3.51. The Balaban J connectivity index is 2.33. The first-order valence-electron chi connectivity index (χ1n) is 5.93. The van der Waals surface area contributed by atoms with Gasteiger partial charge in [-0.3, -0.25) is 0 Å². The smallest absolute Gasteiger partial charge is 0.182 e. The van der Waals surface area contributed by atoms with Crippen LogP contribution in [0.1, 0.15) is 16.7 Å². The number of benzene rings is 2. The monoisotopic (exact) mass is 278 g/mol. The predicted molar refractivity (Wildman–Crippen MR) is 73.2 cm³/mol. The maximum absolute atomic E-state index is 13.1. The predicted octanol–water partition coefficient (Wildman–Crippen LogP) is 3.42. The van der Waals surface area contributed by atoms with Crippen LogP contribution in [0.4, 0.5) is 4.39 Å². The summed E-state index contributed by atoms with van der Waals surface area (Å²) in [4.78, 5) is 0.0192. The first-order chi connectivity index (χ1) is 8.88. The van der Waals surface area contributed by atoms with Crippen LogP contribution in [0.25, 0.3) is 0 Å². The highest BCUT2D eigenvalue weighted by Gasteiger charge is 2.16. The summed E-state index contributed by atoms with van der Waals surface area (Å²) in [6.45, 7) is 3.91. The highest BCUT2D eigenvalue weighted by atomic mass is 32.2. The van der Waals surface area contributed by atoms with Crippen molar-refractivity contribution in [2.75, 3.05) is 0 Å². The van der Waals surface area contributed by atoms with Gasteiger partial charge in [0, 0.05) is 0 Å². The van der Waals surface area contributed by atoms with Gasteiger partial charge in [0.2, 0.25) is 0 Å². The Bertz CT molecular complexity index is 706. The molecule has 0 aliphatic carbocycles. The number of sulfone groups is 1. The van der Waals surface area contributed by atoms with Crippen molar-refractivity contribution in [3.05, 3.63) is 65.0 Å². The van der Waals surface area contributed by atoms with Crippen LogP contribution in [0.2, 0.25) is 0 Å². The van der Waals surface area contributed by atoms with Gasteiger partial charge >= 0.3 is 0 Å². The molecule has 0 bridgehead atoms. The molecule has 0 spiro atoms. The molecule has 0 unspecified atom stereocenters. The summed E-state index contributed by atoms with van der Waals surface area (Å²) in [7, 11) is -3.51. The summed E-state index contributed by atoms with van der Waals surface area (Å²) < 4.78 is 37.5. The lowest BCUT2D eigenvalue weighted by molar-refractivity contribution is 0.590. The van der Waals surface area contributed by atoms with Crippen LogP contribution >= 0.6 is 0 Å². The number of hydrogen-bond acceptors (Lipinski definition) is 2. The van der Waals surface area contributed by atoms with Gasteiger partial charge in [0.25, 0.3) is 0 Å². The van der Waals surface area contributed by atoms with Crippen LogP contribution < -0.4 is 0 Å². The van der Waals surface area contributed by atoms with Crippen molar-refractivity contribution < 1.29 is 12.8 Å². The summed E-state index contributed by atoms with van der Waals surface area (Å²) in [5.74, 6) is -0.654. The van der Waals surface area contributed by atoms with Gasteiger partial charge in [-0.1, -0.05) is 24.3 Å². The highest BCUT2D eigenvalue weighted by molar-refractivity contribution is 7.90. The van der Waals surface area contributed by atoms with Crippen molar-refractivity contribution in [1.82, 2.24) is 0 Å². The van der Waals surface area contributed by atoms with Crippen molar-refractivity contribution >= 4 is 9.84 Å². The van der Waals surface area contributed by atoms with Crippen molar-refractivity contribution in [3.63, 3.8) is 0 Å². The average molecular weight is 278 g/mol. The average Bonchev–Trinajstić information content (AvgIpc) is 2.33. The van der Waals surface area contributed by atoms with E-state index < -0.39 is 15.7 Å². The van der Waals surface area contributed by atoms with Crippen molar-refractivity contribution in [2.24, 2.45) is 0 Å². The van der Waals surface area contributed by atoms with E-state index in [4.69, 9.17) is 0 Å². The lowest BCUT2D eigenvalue weighted by atomic mass is 10.1. The van der Waals surface area contributed by atoms with E-state index in [1.165, 1.54) is 18.2 Å². The molecule has 2 aromatic carbocycles. The summed E-state index contributed by atoms with van der Waals surface area (Å²) in [6.07, 6.45) is 0. The molecule has 19 heavy (non-hydrogen) atoms. The van der Waals surface area contributed by atoms with Gasteiger partial charge in [0.15, 0.2) is 9.84 Å². The molecule has 100 valence electrons. The molecule has 0 saturated heterocycles. The van der Waals surface area contributed by atoms with E-state index in [0.29, 0.717) is 5.56 Å². The Labute approximate surface area is 112 Å². The van der Waals surface area contributed by atoms with Crippen molar-refractivity contribution in [3.8, 4) is 0 Å². The third-order valence-corrected chi connectivity index (χ3v) is 4.77. The summed E-state index contributed by atoms with van der Waals surface area (Å²) >= 11 is 0. The van der Waals surface area contributed by atoms with Crippen molar-refractivity contribution in [2.45, 2.75) is 24.5 Å². The molecule has 0 radical (unpaired) electrons. The molecule has 2 aromatic rings. The normalized spacial score (nSPS) is 11.5. The van der Waals surface area contributed by atoms with Gasteiger partial charge in [0.05, 0.1) is 10.6 Å². The van der Waals surface area contributed by atoms with Crippen LogP contribution in [-0.4, -0.2) is 8.42 Å². The second-order valence-corrected chi connectivity index (χ2v) is 6.62. The molecule has 0 atom stereocenters. The Morgan fingerprint density at radius 2 is 1.74 bits per heavy atom. The van der Waals surface area contributed by atoms with Gasteiger partial charge in [-0.2, -0.15) is 0 Å². The molecule has 0 aliphatic heterocycles. The molecule has 0 N–H and O–H groups in total. The third-order valence-electron chi connectivity index (χ3n) is 3.08. The molecule has 4 heteroatoms. The largest absolute Gasteiger partial charge is 0.223 e. The lowest BCUT2D eigenvalue weighted by Gasteiger charge is -2.07. The van der Waals surface area contributed by atoms with E-state index in [9.17, 15) is 12.8 Å². The van der Waals surface area contributed by atoms with Crippen LogP contribution in [0.3, 0.4) is 0 Å². The maximum atomic E-state index is 13.1.